The Labute approximate surface area is 266 Å². The SMILES string of the molecule is CCN1C[C@H](C)C[C@@](C)(OC)[C@H](O[C@@H]2O[C@H](C)CC(=[N+](C)C)[C@H]2O)[C@@H](C)C(=O)C(C)(C)C(=O)OC[C@@H]1CCCN1CCCC1. The number of carbonyl (C=O) groups excluding carboxylic acids is 2. The highest BCUT2D eigenvalue weighted by molar-refractivity contribution is 6.04. The van der Waals surface area contributed by atoms with Crippen LogP contribution in [-0.2, 0) is 28.5 Å². The number of ether oxygens (including phenoxy) is 4. The van der Waals surface area contributed by atoms with Crippen LogP contribution in [0.15, 0.2) is 0 Å². The predicted molar refractivity (Wildman–Crippen MR) is 171 cm³/mol. The number of hydrogen-bond acceptors (Lipinski definition) is 9. The van der Waals surface area contributed by atoms with Gasteiger partial charge in [-0.1, -0.05) is 20.8 Å². The maximum Gasteiger partial charge on any atom is 0.319 e. The van der Waals surface area contributed by atoms with Gasteiger partial charge in [-0.25, -0.2) is 4.58 Å². The number of hydrogen-bond donors (Lipinski definition) is 1. The van der Waals surface area contributed by atoms with Crippen molar-refractivity contribution in [1.29, 1.82) is 0 Å². The number of ketones is 1. The first-order chi connectivity index (χ1) is 20.6. The lowest BCUT2D eigenvalue weighted by atomic mass is 9.74. The van der Waals surface area contributed by atoms with Gasteiger partial charge in [-0.15, -0.1) is 0 Å². The zero-order valence-corrected chi connectivity index (χ0v) is 29.3. The third-order valence-electron chi connectivity index (χ3n) is 10.2. The Kier molecular flexibility index (Phi) is 13.4. The van der Waals surface area contributed by atoms with Crippen LogP contribution in [0, 0.1) is 17.3 Å². The van der Waals surface area contributed by atoms with Crippen LogP contribution in [0.3, 0.4) is 0 Å². The lowest BCUT2D eigenvalue weighted by Crippen LogP contribution is -2.57. The second-order valence-corrected chi connectivity index (χ2v) is 14.5. The van der Waals surface area contributed by atoms with E-state index >= 15 is 0 Å². The average molecular weight is 625 g/mol. The van der Waals surface area contributed by atoms with Crippen LogP contribution in [0.2, 0.25) is 0 Å². The first-order valence-corrected chi connectivity index (χ1v) is 16.9. The summed E-state index contributed by atoms with van der Waals surface area (Å²) in [5.41, 5.74) is -1.50. The number of likely N-dealkylation sites (N-methyl/N-ethyl adjacent to an activating group) is 1. The van der Waals surface area contributed by atoms with Gasteiger partial charge in [0.2, 0.25) is 0 Å². The molecule has 0 unspecified atom stereocenters. The molecule has 3 heterocycles. The van der Waals surface area contributed by atoms with Gasteiger partial charge in [-0.05, 0) is 91.9 Å². The molecule has 3 fully saturated rings. The van der Waals surface area contributed by atoms with Gasteiger partial charge in [-0.3, -0.25) is 14.5 Å². The number of aliphatic hydroxyl groups is 1. The van der Waals surface area contributed by atoms with E-state index < -0.39 is 41.4 Å². The van der Waals surface area contributed by atoms with Crippen LogP contribution in [0.4, 0.5) is 0 Å². The van der Waals surface area contributed by atoms with E-state index in [9.17, 15) is 14.7 Å². The van der Waals surface area contributed by atoms with Crippen LogP contribution in [0.1, 0.15) is 87.0 Å². The van der Waals surface area contributed by atoms with Crippen molar-refractivity contribution in [2.75, 3.05) is 60.5 Å². The minimum absolute atomic E-state index is 0.0613. The maximum absolute atomic E-state index is 14.2. The minimum atomic E-state index is -1.40. The molecule has 10 nitrogen and oxygen atoms in total. The molecule has 0 spiro atoms. The molecule has 3 aliphatic heterocycles. The topological polar surface area (TPSA) is 101 Å². The summed E-state index contributed by atoms with van der Waals surface area (Å²) in [7, 11) is 5.44. The van der Waals surface area contributed by atoms with Gasteiger partial charge in [0.05, 0.1) is 24.2 Å². The largest absolute Gasteiger partial charge is 0.463 e. The summed E-state index contributed by atoms with van der Waals surface area (Å²) in [6.45, 7) is 18.6. The summed E-state index contributed by atoms with van der Waals surface area (Å²) in [5, 5.41) is 11.3. The Bertz CT molecular complexity index is 993. The number of methoxy groups -OCH3 is 1. The quantitative estimate of drug-likeness (QED) is 0.248. The first-order valence-electron chi connectivity index (χ1n) is 16.9. The van der Waals surface area contributed by atoms with E-state index in [1.807, 2.05) is 32.5 Å². The normalized spacial score (nSPS) is 36.8. The van der Waals surface area contributed by atoms with Crippen molar-refractivity contribution < 1.29 is 38.2 Å². The van der Waals surface area contributed by atoms with E-state index in [1.165, 1.54) is 12.8 Å². The first kappa shape index (κ1) is 37.0. The molecule has 254 valence electrons. The molecule has 8 atom stereocenters. The number of Topliss-reactive ketones (excluding diaryl/α,β-unsaturated/α-hetero) is 1. The van der Waals surface area contributed by atoms with E-state index in [1.54, 1.807) is 27.9 Å². The van der Waals surface area contributed by atoms with E-state index in [-0.39, 0.29) is 30.5 Å². The molecule has 0 radical (unpaired) electrons. The van der Waals surface area contributed by atoms with Gasteiger partial charge in [0.25, 0.3) is 0 Å². The Balaban J connectivity index is 1.94. The molecule has 3 saturated heterocycles. The lowest BCUT2D eigenvalue weighted by Gasteiger charge is -2.45. The second-order valence-electron chi connectivity index (χ2n) is 14.5. The van der Waals surface area contributed by atoms with Crippen LogP contribution in [-0.4, -0.2) is 134 Å². The van der Waals surface area contributed by atoms with E-state index in [4.69, 9.17) is 18.9 Å². The molecule has 1 N–H and O–H groups in total. The Morgan fingerprint density at radius 3 is 2.34 bits per heavy atom. The summed E-state index contributed by atoms with van der Waals surface area (Å²) in [5.74, 6) is -1.37. The van der Waals surface area contributed by atoms with E-state index in [2.05, 4.69) is 23.6 Å². The van der Waals surface area contributed by atoms with Crippen molar-refractivity contribution >= 4 is 17.5 Å². The molecule has 10 heteroatoms. The minimum Gasteiger partial charge on any atom is -0.463 e. The van der Waals surface area contributed by atoms with Crippen LogP contribution in [0.5, 0.6) is 0 Å². The summed E-state index contributed by atoms with van der Waals surface area (Å²) >= 11 is 0. The molecule has 0 saturated carbocycles. The Hall–Kier alpha value is -1.43. The van der Waals surface area contributed by atoms with Gasteiger partial charge in [0.15, 0.2) is 23.9 Å². The van der Waals surface area contributed by atoms with E-state index in [0.717, 1.165) is 51.3 Å². The fourth-order valence-electron chi connectivity index (χ4n) is 7.51. The number of likely N-dealkylation sites (tertiary alicyclic amines) is 1. The number of esters is 1. The predicted octanol–water partition coefficient (Wildman–Crippen LogP) is 3.37. The third-order valence-corrected chi connectivity index (χ3v) is 10.2. The zero-order chi connectivity index (χ0) is 32.8. The summed E-state index contributed by atoms with van der Waals surface area (Å²) in [6.07, 6.45) is 2.72. The molecule has 44 heavy (non-hydrogen) atoms. The summed E-state index contributed by atoms with van der Waals surface area (Å²) < 4.78 is 26.9. The average Bonchev–Trinajstić information content (AvgIpc) is 3.49. The third kappa shape index (κ3) is 8.88. The standard InChI is InChI=1S/C34H62N3O7/c1-11-37-21-23(2)20-34(7,41-10)30(44-31-28(38)27(35(8)9)19-24(3)43-31)25(4)29(39)33(5,6)32(40)42-22-26(37)15-14-18-36-16-12-13-17-36/h23-26,28,30-31,38H,11-22H2,1-10H3/q+1/t23-,24-,25+,26+,28-,30-,31+,34-/m1/s1. The molecule has 3 rings (SSSR count). The number of cyclic esters (lactones) is 1. The van der Waals surface area contributed by atoms with Crippen LogP contribution >= 0.6 is 0 Å². The highest BCUT2D eigenvalue weighted by Crippen LogP contribution is 2.38. The van der Waals surface area contributed by atoms with Crippen molar-refractivity contribution in [3.63, 3.8) is 0 Å². The number of carbonyl (C=O) groups is 2. The molecule has 0 aromatic heterocycles. The van der Waals surface area contributed by atoms with E-state index in [0.29, 0.717) is 12.8 Å². The second kappa shape index (κ2) is 15.9. The molecule has 3 aliphatic rings. The maximum atomic E-state index is 14.2. The highest BCUT2D eigenvalue weighted by atomic mass is 16.7. The van der Waals surface area contributed by atoms with Crippen molar-refractivity contribution in [3.05, 3.63) is 0 Å². The van der Waals surface area contributed by atoms with Crippen molar-refractivity contribution in [2.24, 2.45) is 17.3 Å². The van der Waals surface area contributed by atoms with Crippen LogP contribution < -0.4 is 0 Å². The van der Waals surface area contributed by atoms with Gasteiger partial charge in [0, 0.05) is 25.6 Å². The monoisotopic (exact) mass is 624 g/mol. The zero-order valence-electron chi connectivity index (χ0n) is 29.3. The van der Waals surface area contributed by atoms with Crippen LogP contribution in [0.25, 0.3) is 0 Å². The molecule has 0 bridgehead atoms. The van der Waals surface area contributed by atoms with Gasteiger partial charge in [0.1, 0.15) is 26.1 Å². The highest BCUT2D eigenvalue weighted by Gasteiger charge is 2.51. The molecular formula is C34H62N3O7+. The van der Waals surface area contributed by atoms with Gasteiger partial charge in [-0.2, -0.15) is 0 Å². The number of aliphatic hydroxyl groups excluding tert-OH is 1. The number of rotatable bonds is 8. The lowest BCUT2D eigenvalue weighted by molar-refractivity contribution is -0.473. The van der Waals surface area contributed by atoms with Gasteiger partial charge >= 0.3 is 5.97 Å². The summed E-state index contributed by atoms with van der Waals surface area (Å²) in [4.78, 5) is 32.7. The van der Waals surface area contributed by atoms with Crippen molar-refractivity contribution in [3.8, 4) is 0 Å². The summed E-state index contributed by atoms with van der Waals surface area (Å²) in [6, 6.07) is 0.0613. The molecule has 0 aliphatic carbocycles. The fraction of sp³-hybridized carbons (Fsp3) is 0.912. The van der Waals surface area contributed by atoms with Crippen molar-refractivity contribution in [2.45, 2.75) is 123 Å². The molecular weight excluding hydrogens is 562 g/mol. The fourth-order valence-corrected chi connectivity index (χ4v) is 7.51. The smallest absolute Gasteiger partial charge is 0.319 e. The molecule has 0 amide bonds. The van der Waals surface area contributed by atoms with Crippen molar-refractivity contribution in [1.82, 2.24) is 9.80 Å². The molecule has 0 aromatic carbocycles. The van der Waals surface area contributed by atoms with Gasteiger partial charge < -0.3 is 29.0 Å². The Morgan fingerprint density at radius 1 is 1.09 bits per heavy atom. The number of nitrogens with zero attached hydrogens (tertiary/aromatic N) is 3. The molecule has 0 aromatic rings. The Morgan fingerprint density at radius 2 is 1.75 bits per heavy atom.